The number of carbonyl (C=O) groups excluding carboxylic acids is 2. The minimum Gasteiger partial charge on any atom is -0.475 e. The molecule has 0 aromatic carbocycles. The molecule has 0 spiro atoms. The van der Waals surface area contributed by atoms with Gasteiger partial charge < -0.3 is 19.5 Å². The maximum atomic E-state index is 12.3. The Morgan fingerprint density at radius 2 is 2.09 bits per heavy atom. The minimum atomic E-state index is -0.500. The highest BCUT2D eigenvalue weighted by Crippen LogP contribution is 2.24. The van der Waals surface area contributed by atoms with Gasteiger partial charge in [-0.05, 0) is 17.5 Å². The number of methoxy groups -OCH3 is 2. The van der Waals surface area contributed by atoms with Crippen LogP contribution in [0.3, 0.4) is 0 Å². The fraction of sp³-hybridized carbons (Fsp3) is 0.267. The number of thiophene rings is 1. The van der Waals surface area contributed by atoms with Gasteiger partial charge in [0.2, 0.25) is 5.88 Å². The van der Waals surface area contributed by atoms with E-state index in [1.807, 2.05) is 0 Å². The van der Waals surface area contributed by atoms with E-state index in [-0.39, 0.29) is 5.91 Å². The number of rotatable bonds is 7. The monoisotopic (exact) mass is 336 g/mol. The Morgan fingerprint density at radius 1 is 1.26 bits per heavy atom. The van der Waals surface area contributed by atoms with Crippen molar-refractivity contribution in [3.63, 3.8) is 0 Å². The second-order valence-electron chi connectivity index (χ2n) is 4.33. The summed E-state index contributed by atoms with van der Waals surface area (Å²) in [6.45, 7) is 0.766. The molecule has 0 atom stereocenters. The highest BCUT2D eigenvalue weighted by atomic mass is 32.1. The summed E-state index contributed by atoms with van der Waals surface area (Å²) in [6, 6.07) is 4.68. The number of pyridine rings is 1. The molecular weight excluding hydrogens is 320 g/mol. The number of nitrogens with one attached hydrogen (secondary N) is 1. The van der Waals surface area contributed by atoms with Crippen LogP contribution in [0.15, 0.2) is 29.8 Å². The van der Waals surface area contributed by atoms with E-state index in [9.17, 15) is 9.59 Å². The van der Waals surface area contributed by atoms with Gasteiger partial charge in [-0.25, -0.2) is 9.78 Å². The van der Waals surface area contributed by atoms with E-state index in [0.29, 0.717) is 35.2 Å². The lowest BCUT2D eigenvalue weighted by molar-refractivity contribution is 0.0602. The normalized spacial score (nSPS) is 10.2. The highest BCUT2D eigenvalue weighted by Gasteiger charge is 2.16. The maximum absolute atomic E-state index is 12.3. The van der Waals surface area contributed by atoms with Crippen LogP contribution in [0.1, 0.15) is 20.7 Å². The Morgan fingerprint density at radius 3 is 2.83 bits per heavy atom. The van der Waals surface area contributed by atoms with Crippen LogP contribution in [-0.2, 0) is 9.47 Å². The molecular formula is C15H16N2O5S. The molecule has 0 aliphatic heterocycles. The molecule has 2 aromatic rings. The topological polar surface area (TPSA) is 86.8 Å². The third-order valence-corrected chi connectivity index (χ3v) is 3.66. The standard InChI is InChI=1S/C15H16N2O5S/c1-20-6-7-22-12-9-10(3-5-16-12)13(18)17-14-11(4-8-23-14)15(19)21-2/h3-5,8-9H,6-7H2,1-2H3,(H,17,18). The number of carbonyl (C=O) groups is 2. The first-order valence-electron chi connectivity index (χ1n) is 6.70. The fourth-order valence-corrected chi connectivity index (χ4v) is 2.48. The van der Waals surface area contributed by atoms with Crippen LogP contribution >= 0.6 is 11.3 Å². The molecule has 2 heterocycles. The molecule has 2 rings (SSSR count). The summed E-state index contributed by atoms with van der Waals surface area (Å²) in [5, 5.41) is 4.82. The van der Waals surface area contributed by atoms with Crippen LogP contribution in [0.5, 0.6) is 5.88 Å². The summed E-state index contributed by atoms with van der Waals surface area (Å²) >= 11 is 1.24. The largest absolute Gasteiger partial charge is 0.475 e. The van der Waals surface area contributed by atoms with Crippen LogP contribution in [0, 0.1) is 0 Å². The molecule has 0 saturated carbocycles. The number of hydrogen-bond donors (Lipinski definition) is 1. The van der Waals surface area contributed by atoms with Gasteiger partial charge in [0.15, 0.2) is 0 Å². The third kappa shape index (κ3) is 4.51. The second-order valence-corrected chi connectivity index (χ2v) is 5.25. The highest BCUT2D eigenvalue weighted by molar-refractivity contribution is 7.14. The Kier molecular flexibility index (Phi) is 6.07. The molecule has 0 radical (unpaired) electrons. The predicted octanol–water partition coefficient (Wildman–Crippen LogP) is 2.21. The van der Waals surface area contributed by atoms with Crippen molar-refractivity contribution in [3.8, 4) is 5.88 Å². The van der Waals surface area contributed by atoms with E-state index in [1.165, 1.54) is 30.7 Å². The molecule has 0 fully saturated rings. The molecule has 122 valence electrons. The van der Waals surface area contributed by atoms with E-state index in [4.69, 9.17) is 9.47 Å². The summed E-state index contributed by atoms with van der Waals surface area (Å²) in [4.78, 5) is 27.9. The van der Waals surface area contributed by atoms with Crippen molar-refractivity contribution in [2.24, 2.45) is 0 Å². The number of hydrogen-bond acceptors (Lipinski definition) is 7. The zero-order valence-corrected chi connectivity index (χ0v) is 13.5. The molecule has 7 nitrogen and oxygen atoms in total. The van der Waals surface area contributed by atoms with Crippen LogP contribution < -0.4 is 10.1 Å². The zero-order chi connectivity index (χ0) is 16.7. The molecule has 8 heteroatoms. The fourth-order valence-electron chi connectivity index (χ4n) is 1.71. The summed E-state index contributed by atoms with van der Waals surface area (Å²) in [5.41, 5.74) is 0.688. The third-order valence-electron chi connectivity index (χ3n) is 2.83. The van der Waals surface area contributed by atoms with Crippen molar-refractivity contribution < 1.29 is 23.8 Å². The van der Waals surface area contributed by atoms with E-state index in [2.05, 4.69) is 15.0 Å². The summed E-state index contributed by atoms with van der Waals surface area (Å²) in [5.74, 6) is -0.537. The number of nitrogens with zero attached hydrogens (tertiary/aromatic N) is 1. The molecule has 0 bridgehead atoms. The van der Waals surface area contributed by atoms with Gasteiger partial charge in [0.25, 0.3) is 5.91 Å². The van der Waals surface area contributed by atoms with Crippen molar-refractivity contribution in [2.45, 2.75) is 0 Å². The average Bonchev–Trinajstić information content (AvgIpc) is 3.03. The average molecular weight is 336 g/mol. The number of ether oxygens (including phenoxy) is 3. The smallest absolute Gasteiger partial charge is 0.340 e. The first-order chi connectivity index (χ1) is 11.2. The predicted molar refractivity (Wildman–Crippen MR) is 85.2 cm³/mol. The molecule has 23 heavy (non-hydrogen) atoms. The Hall–Kier alpha value is -2.45. The van der Waals surface area contributed by atoms with Crippen LogP contribution in [-0.4, -0.2) is 44.3 Å². The van der Waals surface area contributed by atoms with Gasteiger partial charge in [0.05, 0.1) is 19.3 Å². The first kappa shape index (κ1) is 16.9. The number of amides is 1. The van der Waals surface area contributed by atoms with Crippen molar-refractivity contribution in [1.29, 1.82) is 0 Å². The molecule has 0 aliphatic carbocycles. The molecule has 0 saturated heterocycles. The van der Waals surface area contributed by atoms with Crippen LogP contribution in [0.2, 0.25) is 0 Å². The van der Waals surface area contributed by atoms with Crippen LogP contribution in [0.4, 0.5) is 5.00 Å². The second kappa shape index (κ2) is 8.25. The number of aromatic nitrogens is 1. The summed E-state index contributed by atoms with van der Waals surface area (Å²) in [7, 11) is 2.86. The molecule has 0 unspecified atom stereocenters. The molecule has 0 aliphatic rings. The van der Waals surface area contributed by atoms with E-state index in [0.717, 1.165) is 0 Å². The van der Waals surface area contributed by atoms with Gasteiger partial charge in [-0.2, -0.15) is 0 Å². The number of esters is 1. The van der Waals surface area contributed by atoms with Crippen molar-refractivity contribution in [3.05, 3.63) is 40.9 Å². The minimum absolute atomic E-state index is 0.316. The Bertz CT molecular complexity index is 686. The Labute approximate surface area is 137 Å². The summed E-state index contributed by atoms with van der Waals surface area (Å²) < 4.78 is 14.9. The molecule has 2 aromatic heterocycles. The van der Waals surface area contributed by atoms with Gasteiger partial charge >= 0.3 is 5.97 Å². The maximum Gasteiger partial charge on any atom is 0.340 e. The van der Waals surface area contributed by atoms with Gasteiger partial charge in [0, 0.05) is 24.9 Å². The van der Waals surface area contributed by atoms with E-state index in [1.54, 1.807) is 24.6 Å². The zero-order valence-electron chi connectivity index (χ0n) is 12.7. The molecule has 1 N–H and O–H groups in total. The van der Waals surface area contributed by atoms with Crippen molar-refractivity contribution in [2.75, 3.05) is 32.8 Å². The van der Waals surface area contributed by atoms with Crippen LogP contribution in [0.25, 0.3) is 0 Å². The molecule has 1 amide bonds. The van der Waals surface area contributed by atoms with E-state index >= 15 is 0 Å². The summed E-state index contributed by atoms with van der Waals surface area (Å²) in [6.07, 6.45) is 1.48. The number of anilines is 1. The quantitative estimate of drug-likeness (QED) is 0.616. The van der Waals surface area contributed by atoms with Gasteiger partial charge in [-0.1, -0.05) is 0 Å². The lowest BCUT2D eigenvalue weighted by atomic mass is 10.2. The van der Waals surface area contributed by atoms with Gasteiger partial charge in [-0.15, -0.1) is 11.3 Å². The first-order valence-corrected chi connectivity index (χ1v) is 7.58. The Balaban J connectivity index is 2.08. The van der Waals surface area contributed by atoms with Crippen molar-refractivity contribution in [1.82, 2.24) is 4.98 Å². The SMILES string of the molecule is COCCOc1cc(C(=O)Nc2sccc2C(=O)OC)ccn1. The van der Waals surface area contributed by atoms with Crippen molar-refractivity contribution >= 4 is 28.2 Å². The lowest BCUT2D eigenvalue weighted by Crippen LogP contribution is -2.14. The van der Waals surface area contributed by atoms with Gasteiger partial charge in [0.1, 0.15) is 11.6 Å². The van der Waals surface area contributed by atoms with Gasteiger partial charge in [-0.3, -0.25) is 4.79 Å². The van der Waals surface area contributed by atoms with E-state index < -0.39 is 5.97 Å². The lowest BCUT2D eigenvalue weighted by Gasteiger charge is -2.07.